The Labute approximate surface area is 170 Å². The van der Waals surface area contributed by atoms with Gasteiger partial charge in [-0.15, -0.1) is 0 Å². The summed E-state index contributed by atoms with van der Waals surface area (Å²) < 4.78 is 0. The van der Waals surface area contributed by atoms with Gasteiger partial charge >= 0.3 is 11.9 Å². The third kappa shape index (κ3) is 6.98. The SMILES string of the molecule is CC(C)CC(NC(Cc1cccc(Cc2cccc(Cl)c2)c1)C(=O)O)C(=O)O. The van der Waals surface area contributed by atoms with Crippen molar-refractivity contribution < 1.29 is 19.8 Å². The first-order chi connectivity index (χ1) is 13.2. The number of aliphatic carboxylic acids is 2. The van der Waals surface area contributed by atoms with E-state index < -0.39 is 24.0 Å². The molecule has 0 fully saturated rings. The van der Waals surface area contributed by atoms with Gasteiger partial charge in [-0.1, -0.05) is 61.8 Å². The zero-order valence-corrected chi connectivity index (χ0v) is 16.8. The number of benzene rings is 2. The molecular weight excluding hydrogens is 378 g/mol. The summed E-state index contributed by atoms with van der Waals surface area (Å²) in [6.45, 7) is 3.82. The fraction of sp³-hybridized carbons (Fsp3) is 0.364. The molecule has 3 N–H and O–H groups in total. The predicted octanol–water partition coefficient (Wildman–Crippen LogP) is 4.02. The van der Waals surface area contributed by atoms with Gasteiger partial charge in [-0.2, -0.15) is 0 Å². The lowest BCUT2D eigenvalue weighted by molar-refractivity contribution is -0.142. The van der Waals surface area contributed by atoms with Crippen molar-refractivity contribution in [3.63, 3.8) is 0 Å². The first-order valence-electron chi connectivity index (χ1n) is 9.28. The maximum atomic E-state index is 11.7. The average Bonchev–Trinajstić information content (AvgIpc) is 2.60. The van der Waals surface area contributed by atoms with Gasteiger partial charge in [0, 0.05) is 5.02 Å². The summed E-state index contributed by atoms with van der Waals surface area (Å²) in [5.74, 6) is -1.95. The molecule has 150 valence electrons. The molecule has 2 aromatic rings. The van der Waals surface area contributed by atoms with Crippen LogP contribution in [0.2, 0.25) is 5.02 Å². The molecule has 0 heterocycles. The molecule has 0 aliphatic carbocycles. The van der Waals surface area contributed by atoms with Gasteiger partial charge in [0.1, 0.15) is 12.1 Å². The Morgan fingerprint density at radius 2 is 1.50 bits per heavy atom. The maximum Gasteiger partial charge on any atom is 0.321 e. The van der Waals surface area contributed by atoms with Crippen LogP contribution in [0.1, 0.15) is 37.0 Å². The van der Waals surface area contributed by atoms with E-state index in [1.165, 1.54) is 0 Å². The van der Waals surface area contributed by atoms with Crippen LogP contribution in [0.3, 0.4) is 0 Å². The van der Waals surface area contributed by atoms with Gasteiger partial charge < -0.3 is 10.2 Å². The number of hydrogen-bond donors (Lipinski definition) is 3. The normalized spacial score (nSPS) is 13.3. The summed E-state index contributed by atoms with van der Waals surface area (Å²) in [7, 11) is 0. The molecule has 5 nitrogen and oxygen atoms in total. The van der Waals surface area contributed by atoms with Crippen LogP contribution >= 0.6 is 11.6 Å². The van der Waals surface area contributed by atoms with Crippen LogP contribution < -0.4 is 5.32 Å². The monoisotopic (exact) mass is 403 g/mol. The lowest BCUT2D eigenvalue weighted by Gasteiger charge is -2.22. The van der Waals surface area contributed by atoms with E-state index >= 15 is 0 Å². The molecule has 28 heavy (non-hydrogen) atoms. The highest BCUT2D eigenvalue weighted by Gasteiger charge is 2.26. The van der Waals surface area contributed by atoms with Gasteiger partial charge in [-0.3, -0.25) is 14.9 Å². The van der Waals surface area contributed by atoms with Crippen LogP contribution in [0.4, 0.5) is 0 Å². The maximum absolute atomic E-state index is 11.7. The fourth-order valence-electron chi connectivity index (χ4n) is 3.16. The molecule has 0 aliphatic rings. The van der Waals surface area contributed by atoms with Gasteiger partial charge in [0.25, 0.3) is 0 Å². The molecule has 0 amide bonds. The molecular formula is C22H26ClNO4. The molecule has 2 aromatic carbocycles. The number of carboxylic acid groups (broad SMARTS) is 2. The third-order valence-corrected chi connectivity index (χ3v) is 4.67. The Kier molecular flexibility index (Phi) is 8.03. The van der Waals surface area contributed by atoms with Crippen molar-refractivity contribution in [1.29, 1.82) is 0 Å². The van der Waals surface area contributed by atoms with Crippen LogP contribution in [0.5, 0.6) is 0 Å². The molecule has 0 aromatic heterocycles. The van der Waals surface area contributed by atoms with Crippen molar-refractivity contribution in [2.45, 2.75) is 45.2 Å². The second kappa shape index (κ2) is 10.2. The number of carboxylic acids is 2. The minimum absolute atomic E-state index is 0.143. The van der Waals surface area contributed by atoms with Crippen molar-refractivity contribution in [2.24, 2.45) is 5.92 Å². The van der Waals surface area contributed by atoms with E-state index in [2.05, 4.69) is 5.32 Å². The lowest BCUT2D eigenvalue weighted by atomic mass is 9.98. The van der Waals surface area contributed by atoms with Crippen molar-refractivity contribution in [2.75, 3.05) is 0 Å². The van der Waals surface area contributed by atoms with Gasteiger partial charge in [-0.05, 0) is 54.0 Å². The molecule has 0 bridgehead atoms. The van der Waals surface area contributed by atoms with Crippen LogP contribution in [0.15, 0.2) is 48.5 Å². The third-order valence-electron chi connectivity index (χ3n) is 4.43. The number of nitrogens with one attached hydrogen (secondary N) is 1. The summed E-state index contributed by atoms with van der Waals surface area (Å²) in [5, 5.41) is 22.4. The summed E-state index contributed by atoms with van der Waals surface area (Å²) in [5.41, 5.74) is 2.95. The Morgan fingerprint density at radius 3 is 2.07 bits per heavy atom. The van der Waals surface area contributed by atoms with Crippen LogP contribution in [0.25, 0.3) is 0 Å². The van der Waals surface area contributed by atoms with Gasteiger partial charge in [0.05, 0.1) is 0 Å². The summed E-state index contributed by atoms with van der Waals surface area (Å²) in [4.78, 5) is 23.2. The molecule has 0 saturated heterocycles. The Hall–Kier alpha value is -2.37. The van der Waals surface area contributed by atoms with Crippen molar-refractivity contribution in [3.8, 4) is 0 Å². The topological polar surface area (TPSA) is 86.6 Å². The summed E-state index contributed by atoms with van der Waals surface area (Å²) in [6.07, 6.45) is 1.26. The zero-order valence-electron chi connectivity index (χ0n) is 16.1. The summed E-state index contributed by atoms with van der Waals surface area (Å²) in [6, 6.07) is 13.4. The minimum atomic E-state index is -1.06. The summed E-state index contributed by atoms with van der Waals surface area (Å²) >= 11 is 6.03. The molecule has 2 unspecified atom stereocenters. The standard InChI is InChI=1S/C22H26ClNO4/c1-14(2)9-19(21(25)26)24-20(22(27)28)13-17-6-3-5-15(11-17)10-16-7-4-8-18(23)12-16/h3-8,11-12,14,19-20,24H,9-10,13H2,1-2H3,(H,25,26)(H,27,28). The predicted molar refractivity (Wildman–Crippen MR) is 110 cm³/mol. The highest BCUT2D eigenvalue weighted by Crippen LogP contribution is 2.17. The van der Waals surface area contributed by atoms with Crippen LogP contribution in [-0.2, 0) is 22.4 Å². The lowest BCUT2D eigenvalue weighted by Crippen LogP contribution is -2.48. The van der Waals surface area contributed by atoms with Crippen molar-refractivity contribution >= 4 is 23.5 Å². The largest absolute Gasteiger partial charge is 0.480 e. The van der Waals surface area contributed by atoms with Gasteiger partial charge in [-0.25, -0.2) is 0 Å². The van der Waals surface area contributed by atoms with Gasteiger partial charge in [0.2, 0.25) is 0 Å². The molecule has 0 saturated carbocycles. The smallest absolute Gasteiger partial charge is 0.321 e. The molecule has 0 radical (unpaired) electrons. The van der Waals surface area contributed by atoms with Crippen LogP contribution in [-0.4, -0.2) is 34.2 Å². The van der Waals surface area contributed by atoms with E-state index in [4.69, 9.17) is 11.6 Å². The first kappa shape index (κ1) is 21.9. The van der Waals surface area contributed by atoms with E-state index in [0.29, 0.717) is 17.9 Å². The highest BCUT2D eigenvalue weighted by molar-refractivity contribution is 6.30. The molecule has 6 heteroatoms. The second-order valence-electron chi connectivity index (χ2n) is 7.41. The number of carbonyl (C=O) groups is 2. The van der Waals surface area contributed by atoms with E-state index in [1.807, 2.05) is 62.4 Å². The van der Waals surface area contributed by atoms with E-state index in [1.54, 1.807) is 0 Å². The van der Waals surface area contributed by atoms with Crippen LogP contribution in [0, 0.1) is 5.92 Å². The number of rotatable bonds is 10. The zero-order chi connectivity index (χ0) is 20.7. The molecule has 2 rings (SSSR count). The van der Waals surface area contributed by atoms with Crippen molar-refractivity contribution in [3.05, 3.63) is 70.2 Å². The number of hydrogen-bond acceptors (Lipinski definition) is 3. The van der Waals surface area contributed by atoms with Gasteiger partial charge in [0.15, 0.2) is 0 Å². The minimum Gasteiger partial charge on any atom is -0.480 e. The van der Waals surface area contributed by atoms with Crippen molar-refractivity contribution in [1.82, 2.24) is 5.32 Å². The fourth-order valence-corrected chi connectivity index (χ4v) is 3.37. The van der Waals surface area contributed by atoms with E-state index in [-0.39, 0.29) is 12.3 Å². The van der Waals surface area contributed by atoms with E-state index in [0.717, 1.165) is 16.7 Å². The quantitative estimate of drug-likeness (QED) is 0.557. The Bertz CT molecular complexity index is 822. The van der Waals surface area contributed by atoms with E-state index in [9.17, 15) is 19.8 Å². The molecule has 2 atom stereocenters. The first-order valence-corrected chi connectivity index (χ1v) is 9.66. The Balaban J connectivity index is 2.12. The highest BCUT2D eigenvalue weighted by atomic mass is 35.5. The average molecular weight is 404 g/mol. The number of halogens is 1. The molecule has 0 spiro atoms. The Morgan fingerprint density at radius 1 is 0.929 bits per heavy atom. The molecule has 0 aliphatic heterocycles. The second-order valence-corrected chi connectivity index (χ2v) is 7.85.